The summed E-state index contributed by atoms with van der Waals surface area (Å²) < 4.78 is 137. The molecule has 0 atom stereocenters. The Kier molecular flexibility index (Phi) is 4.19. The summed E-state index contributed by atoms with van der Waals surface area (Å²) in [7, 11) is -15.6. The maximum Gasteiger partial charge on any atom is 0.489 e. The quantitative estimate of drug-likeness (QED) is 0.440. The van der Waals surface area contributed by atoms with E-state index in [4.69, 9.17) is 0 Å². The first-order chi connectivity index (χ1) is 7.87. The van der Waals surface area contributed by atoms with E-state index in [0.29, 0.717) is 0 Å². The van der Waals surface area contributed by atoms with Gasteiger partial charge in [-0.3, -0.25) is 0 Å². The van der Waals surface area contributed by atoms with Crippen molar-refractivity contribution in [1.82, 2.24) is 4.31 Å². The van der Waals surface area contributed by atoms with Crippen LogP contribution in [0.15, 0.2) is 0 Å². The maximum absolute atomic E-state index is 12.4. The molecule has 0 saturated carbocycles. The van der Waals surface area contributed by atoms with Gasteiger partial charge in [-0.25, -0.2) is 8.42 Å². The standard InChI is InChI=1S/C3F9NO4S2/c4-1(5,6)13(2(7,8)9)19(16,17)3(10,11)18(12,14)15. The van der Waals surface area contributed by atoms with Gasteiger partial charge >= 0.3 is 37.4 Å². The fourth-order valence-corrected chi connectivity index (χ4v) is 2.64. The van der Waals surface area contributed by atoms with Gasteiger partial charge in [0.15, 0.2) is 0 Å². The van der Waals surface area contributed by atoms with Crippen LogP contribution in [0.5, 0.6) is 0 Å². The third-order valence-corrected chi connectivity index (χ3v) is 4.58. The van der Waals surface area contributed by atoms with Crippen molar-refractivity contribution in [3.63, 3.8) is 0 Å². The topological polar surface area (TPSA) is 71.5 Å². The third-order valence-electron chi connectivity index (χ3n) is 1.29. The highest BCUT2D eigenvalue weighted by Gasteiger charge is 2.72. The molecular weight excluding hydrogens is 349 g/mol. The van der Waals surface area contributed by atoms with Crippen LogP contribution >= 0.6 is 0 Å². The SMILES string of the molecule is O=S(=O)(F)C(F)(F)S(=O)(=O)N(C(F)(F)F)C(F)(F)F. The van der Waals surface area contributed by atoms with E-state index in [1.54, 1.807) is 0 Å². The van der Waals surface area contributed by atoms with Gasteiger partial charge in [-0.1, -0.05) is 3.89 Å². The molecule has 0 aliphatic heterocycles. The average molecular weight is 349 g/mol. The summed E-state index contributed by atoms with van der Waals surface area (Å²) in [6.45, 7) is 0. The maximum atomic E-state index is 12.4. The van der Waals surface area contributed by atoms with Gasteiger partial charge in [0, 0.05) is 0 Å². The Balaban J connectivity index is 6.31. The first-order valence-electron chi connectivity index (χ1n) is 3.37. The molecule has 0 spiro atoms. The second-order valence-electron chi connectivity index (χ2n) is 2.61. The lowest BCUT2D eigenvalue weighted by molar-refractivity contribution is -0.335. The Bertz CT molecular complexity index is 527. The van der Waals surface area contributed by atoms with Gasteiger partial charge in [-0.15, -0.1) is 0 Å². The number of rotatable bonds is 3. The van der Waals surface area contributed by atoms with Crippen LogP contribution in [0.25, 0.3) is 0 Å². The largest absolute Gasteiger partial charge is 0.489 e. The van der Waals surface area contributed by atoms with Gasteiger partial charge in [0.1, 0.15) is 0 Å². The Morgan fingerprint density at radius 2 is 0.947 bits per heavy atom. The van der Waals surface area contributed by atoms with E-state index >= 15 is 0 Å². The number of nitrogens with zero attached hydrogens (tertiary/aromatic N) is 1. The van der Waals surface area contributed by atoms with Crippen molar-refractivity contribution in [3.8, 4) is 0 Å². The van der Waals surface area contributed by atoms with E-state index in [-0.39, 0.29) is 0 Å². The van der Waals surface area contributed by atoms with Crippen molar-refractivity contribution >= 4 is 20.2 Å². The van der Waals surface area contributed by atoms with E-state index in [2.05, 4.69) is 0 Å². The normalized spacial score (nSPS) is 15.9. The molecule has 0 fully saturated rings. The monoisotopic (exact) mass is 349 g/mol. The van der Waals surface area contributed by atoms with Gasteiger partial charge in [0.2, 0.25) is 0 Å². The Morgan fingerprint density at radius 3 is 1.11 bits per heavy atom. The number of alkyl halides is 8. The molecule has 116 valence electrons. The van der Waals surface area contributed by atoms with Crippen LogP contribution in [0.4, 0.5) is 39.0 Å². The molecule has 0 aromatic carbocycles. The predicted molar refractivity (Wildman–Crippen MR) is 37.8 cm³/mol. The van der Waals surface area contributed by atoms with Crippen molar-refractivity contribution in [1.29, 1.82) is 0 Å². The molecule has 0 radical (unpaired) electrons. The van der Waals surface area contributed by atoms with Crippen molar-refractivity contribution in [3.05, 3.63) is 0 Å². The number of hydrogen-bond donors (Lipinski definition) is 0. The summed E-state index contributed by atoms with van der Waals surface area (Å²) in [5, 5.41) is 0. The van der Waals surface area contributed by atoms with E-state index in [1.807, 2.05) is 0 Å². The van der Waals surface area contributed by atoms with E-state index in [0.717, 1.165) is 0 Å². The molecule has 0 heterocycles. The fraction of sp³-hybridized carbons (Fsp3) is 1.00. The molecular formula is C3F9NO4S2. The Labute approximate surface area is 98.4 Å². The summed E-state index contributed by atoms with van der Waals surface area (Å²) >= 11 is 0. The van der Waals surface area contributed by atoms with Gasteiger partial charge in [-0.05, 0) is 4.31 Å². The Morgan fingerprint density at radius 1 is 0.684 bits per heavy atom. The zero-order chi connectivity index (χ0) is 16.1. The number of halogens is 9. The summed E-state index contributed by atoms with van der Waals surface area (Å²) in [6, 6.07) is 0. The highest BCUT2D eigenvalue weighted by molar-refractivity contribution is 8.06. The van der Waals surface area contributed by atoms with Crippen molar-refractivity contribution < 1.29 is 55.8 Å². The van der Waals surface area contributed by atoms with Crippen LogP contribution < -0.4 is 0 Å². The minimum Gasteiger partial charge on any atom is -0.204 e. The molecule has 5 nitrogen and oxygen atoms in total. The lowest BCUT2D eigenvalue weighted by atomic mass is 11.0. The second kappa shape index (κ2) is 4.37. The predicted octanol–water partition coefficient (Wildman–Crippen LogP) is 1.51. The minimum atomic E-state index is -7.99. The van der Waals surface area contributed by atoms with Gasteiger partial charge in [0.25, 0.3) is 0 Å². The molecule has 0 unspecified atom stereocenters. The zero-order valence-corrected chi connectivity index (χ0v) is 9.43. The smallest absolute Gasteiger partial charge is 0.204 e. The van der Waals surface area contributed by atoms with Crippen LogP contribution in [-0.4, -0.2) is 38.3 Å². The molecule has 16 heteroatoms. The number of hydrogen-bond acceptors (Lipinski definition) is 4. The first-order valence-corrected chi connectivity index (χ1v) is 6.19. The van der Waals surface area contributed by atoms with Crippen LogP contribution in [0.1, 0.15) is 0 Å². The Hall–Kier alpha value is -0.770. The molecule has 0 aromatic heterocycles. The first kappa shape index (κ1) is 18.2. The van der Waals surface area contributed by atoms with Crippen LogP contribution in [0.3, 0.4) is 0 Å². The average Bonchev–Trinajstić information content (AvgIpc) is 1.92. The molecule has 0 amide bonds. The summed E-state index contributed by atoms with van der Waals surface area (Å²) in [4.78, 5) is 0. The summed E-state index contributed by atoms with van der Waals surface area (Å²) in [5.41, 5.74) is 0. The van der Waals surface area contributed by atoms with Crippen LogP contribution in [0, 0.1) is 0 Å². The second-order valence-corrected chi connectivity index (χ2v) is 6.08. The van der Waals surface area contributed by atoms with E-state index < -0.39 is 41.7 Å². The molecule has 0 rings (SSSR count). The molecule has 19 heavy (non-hydrogen) atoms. The molecule has 0 aromatic rings. The fourth-order valence-electron chi connectivity index (χ4n) is 0.648. The van der Waals surface area contributed by atoms with Crippen molar-refractivity contribution in [2.45, 2.75) is 17.2 Å². The summed E-state index contributed by atoms with van der Waals surface area (Å²) in [5.74, 6) is 0. The van der Waals surface area contributed by atoms with E-state index in [9.17, 15) is 55.8 Å². The van der Waals surface area contributed by atoms with Gasteiger partial charge < -0.3 is 0 Å². The molecule has 0 aliphatic rings. The minimum absolute atomic E-state index is 3.70. The van der Waals surface area contributed by atoms with E-state index in [1.165, 1.54) is 0 Å². The molecule has 0 aliphatic carbocycles. The van der Waals surface area contributed by atoms with Crippen molar-refractivity contribution in [2.24, 2.45) is 0 Å². The zero-order valence-electron chi connectivity index (χ0n) is 7.80. The highest BCUT2D eigenvalue weighted by atomic mass is 32.3. The van der Waals surface area contributed by atoms with Gasteiger partial charge in [0.05, 0.1) is 0 Å². The van der Waals surface area contributed by atoms with Crippen LogP contribution in [0.2, 0.25) is 0 Å². The summed E-state index contributed by atoms with van der Waals surface area (Å²) in [6.07, 6.45) is -14.0. The molecule has 0 bridgehead atoms. The van der Waals surface area contributed by atoms with Gasteiger partial charge in [-0.2, -0.15) is 43.5 Å². The van der Waals surface area contributed by atoms with Crippen molar-refractivity contribution in [2.75, 3.05) is 0 Å². The lowest BCUT2D eigenvalue weighted by Crippen LogP contribution is -2.57. The number of sulfonamides is 1. The third kappa shape index (κ3) is 3.22. The molecule has 0 N–H and O–H groups in total. The molecule has 0 saturated heterocycles. The highest BCUT2D eigenvalue weighted by Crippen LogP contribution is 2.43. The lowest BCUT2D eigenvalue weighted by Gasteiger charge is -2.27. The van der Waals surface area contributed by atoms with Crippen LogP contribution in [-0.2, 0) is 20.2 Å².